The van der Waals surface area contributed by atoms with Gasteiger partial charge in [0.2, 0.25) is 0 Å². The number of hydrogen-bond donors (Lipinski definition) is 4. The van der Waals surface area contributed by atoms with E-state index in [-0.39, 0.29) is 48.7 Å². The monoisotopic (exact) mass is 713 g/mol. The van der Waals surface area contributed by atoms with Gasteiger partial charge in [-0.2, -0.15) is 0 Å². The summed E-state index contributed by atoms with van der Waals surface area (Å²) in [4.78, 5) is 69.6. The summed E-state index contributed by atoms with van der Waals surface area (Å²) < 4.78 is 5.84. The molecule has 0 saturated carbocycles. The van der Waals surface area contributed by atoms with Crippen molar-refractivity contribution in [1.82, 2.24) is 25.3 Å². The summed E-state index contributed by atoms with van der Waals surface area (Å²) in [5, 5.41) is 12.9. The lowest BCUT2D eigenvalue weighted by Crippen LogP contribution is -2.42. The van der Waals surface area contributed by atoms with E-state index < -0.39 is 17.9 Å². The number of nitrogens with one attached hydrogen (secondary N) is 3. The number of ether oxygens (including phenoxy) is 1. The molecule has 0 spiro atoms. The van der Waals surface area contributed by atoms with Crippen molar-refractivity contribution >= 4 is 45.7 Å². The molecule has 2 aliphatic rings. The van der Waals surface area contributed by atoms with Crippen LogP contribution in [0, 0.1) is 13.8 Å². The van der Waals surface area contributed by atoms with Crippen molar-refractivity contribution < 1.29 is 33.5 Å². The molecular formula is C40H53N6O6+. The number of fused-ring (bicyclic) bond motifs is 8. The molecule has 0 aromatic carbocycles. The minimum Gasteiger partial charge on any atom is -0.481 e. The van der Waals surface area contributed by atoms with Crippen LogP contribution in [0.25, 0.3) is 22.1 Å². The highest BCUT2D eigenvalue weighted by Crippen LogP contribution is 2.43. The summed E-state index contributed by atoms with van der Waals surface area (Å²) in [5.74, 6) is -2.33. The van der Waals surface area contributed by atoms with Crippen molar-refractivity contribution in [2.75, 3.05) is 41.3 Å². The van der Waals surface area contributed by atoms with E-state index in [2.05, 4.69) is 50.3 Å². The zero-order valence-electron chi connectivity index (χ0n) is 32.1. The Kier molecular flexibility index (Phi) is 11.1. The lowest BCUT2D eigenvalue weighted by Gasteiger charge is -2.23. The predicted octanol–water partition coefficient (Wildman–Crippen LogP) is 6.34. The number of amides is 1. The Hall–Kier alpha value is -4.84. The Balaban J connectivity index is 1.98. The molecule has 5 heterocycles. The van der Waals surface area contributed by atoms with Crippen molar-refractivity contribution in [2.45, 2.75) is 90.9 Å². The number of quaternary nitrogens is 1. The number of carboxylic acids is 1. The van der Waals surface area contributed by atoms with Crippen molar-refractivity contribution in [3.63, 3.8) is 0 Å². The van der Waals surface area contributed by atoms with Crippen molar-refractivity contribution in [3.05, 3.63) is 68.8 Å². The molecule has 5 rings (SSSR count). The van der Waals surface area contributed by atoms with Gasteiger partial charge >= 0.3 is 11.9 Å². The Morgan fingerprint density at radius 1 is 0.885 bits per heavy atom. The number of Topliss-reactive ketones (excluding diaryl/α,β-unsaturated/α-hetero) is 1. The van der Waals surface area contributed by atoms with Gasteiger partial charge in [0.15, 0.2) is 5.78 Å². The first-order chi connectivity index (χ1) is 24.4. The molecule has 2 aliphatic heterocycles. The summed E-state index contributed by atoms with van der Waals surface area (Å²) >= 11 is 0. The second kappa shape index (κ2) is 15.0. The van der Waals surface area contributed by atoms with Gasteiger partial charge in [0.25, 0.3) is 5.91 Å². The standard InChI is InChI=1S/C40H52N6O6/c1-11-25-20(2)28-19-33-36(24(6)47)22(4)30(43-33)17-29-21(3)26(12-13-34(48)49)38(44-29)27(16-35(50)52-10)39-37(40(51)41-14-15-46(7,8)9)23(5)31(45-39)18-32(25)42-28/h17-21,25-26H,11-16H2,1-10H3,(H3-,41,42,43,44,45,47,48,49,51)/p+1/t20-,21+,25-,26+/m1/s1. The minimum atomic E-state index is -0.943. The van der Waals surface area contributed by atoms with E-state index in [9.17, 15) is 24.3 Å². The molecule has 4 atom stereocenters. The van der Waals surface area contributed by atoms with Gasteiger partial charge in [0, 0.05) is 69.3 Å². The third-order valence-corrected chi connectivity index (χ3v) is 10.8. The number of ketones is 1. The number of hydrogen-bond acceptors (Lipinski definition) is 7. The second-order valence-electron chi connectivity index (χ2n) is 15.4. The Labute approximate surface area is 305 Å². The largest absolute Gasteiger partial charge is 0.481 e. The van der Waals surface area contributed by atoms with Crippen molar-refractivity contribution in [3.8, 4) is 0 Å². The molecule has 278 valence electrons. The van der Waals surface area contributed by atoms with Gasteiger partial charge in [0.1, 0.15) is 0 Å². The van der Waals surface area contributed by atoms with Crippen LogP contribution in [0.1, 0.15) is 131 Å². The molecule has 12 heteroatoms. The van der Waals surface area contributed by atoms with Crippen LogP contribution in [0.4, 0.5) is 0 Å². The van der Waals surface area contributed by atoms with E-state index in [0.717, 1.165) is 23.4 Å². The molecule has 1 amide bonds. The number of aromatic nitrogens is 4. The lowest BCUT2D eigenvalue weighted by molar-refractivity contribution is -0.869. The molecule has 4 N–H and O–H groups in total. The lowest BCUT2D eigenvalue weighted by atomic mass is 9.85. The molecule has 0 aliphatic carbocycles. The van der Waals surface area contributed by atoms with E-state index in [1.54, 1.807) is 6.92 Å². The average molecular weight is 714 g/mol. The fourth-order valence-electron chi connectivity index (χ4n) is 7.72. The van der Waals surface area contributed by atoms with Gasteiger partial charge < -0.3 is 29.6 Å². The van der Waals surface area contributed by atoms with E-state index in [1.165, 1.54) is 7.11 Å². The molecule has 52 heavy (non-hydrogen) atoms. The highest BCUT2D eigenvalue weighted by Gasteiger charge is 2.34. The number of aromatic amines is 2. The van der Waals surface area contributed by atoms with Gasteiger partial charge in [-0.25, -0.2) is 0 Å². The van der Waals surface area contributed by atoms with E-state index in [1.807, 2.05) is 39.0 Å². The maximum absolute atomic E-state index is 14.2. The van der Waals surface area contributed by atoms with Crippen LogP contribution in [0.15, 0.2) is 18.2 Å². The number of H-pyrrole nitrogens is 2. The number of carboxylic acid groups (broad SMARTS) is 1. The van der Waals surface area contributed by atoms with Gasteiger partial charge in [-0.15, -0.1) is 0 Å². The SMILES string of the molecule is CC[C@H]1c2cc3[nH]c(c(CC(=O)OC)c4nc(cc5[nH]c(cc(n2)[C@@H]1C)c(C(C)=O)c5C)[C@@H](C)[C@@H]4CCC(=O)O)c(C(=O)NCC[N+](C)(C)C)c3C. The summed E-state index contributed by atoms with van der Waals surface area (Å²) in [6.45, 7) is 12.7. The molecule has 8 bridgehead atoms. The first-order valence-corrected chi connectivity index (χ1v) is 18.1. The maximum Gasteiger partial charge on any atom is 0.310 e. The molecule has 12 nitrogen and oxygen atoms in total. The van der Waals surface area contributed by atoms with E-state index >= 15 is 0 Å². The van der Waals surface area contributed by atoms with Gasteiger partial charge in [0.05, 0.1) is 70.1 Å². The molecule has 3 aromatic heterocycles. The Bertz CT molecular complexity index is 2090. The van der Waals surface area contributed by atoms with Crippen LogP contribution in [-0.4, -0.2) is 94.5 Å². The van der Waals surface area contributed by atoms with E-state index in [0.29, 0.717) is 73.3 Å². The molecule has 0 saturated heterocycles. The third-order valence-electron chi connectivity index (χ3n) is 10.8. The summed E-state index contributed by atoms with van der Waals surface area (Å²) in [5.41, 5.74) is 8.33. The Morgan fingerprint density at radius 3 is 2.10 bits per heavy atom. The van der Waals surface area contributed by atoms with E-state index in [4.69, 9.17) is 14.7 Å². The number of aryl methyl sites for hydroxylation is 2. The fourth-order valence-corrected chi connectivity index (χ4v) is 7.72. The van der Waals surface area contributed by atoms with Crippen LogP contribution in [0.3, 0.4) is 0 Å². The molecule has 3 aromatic rings. The number of likely N-dealkylation sites (N-methyl/N-ethyl adjacent to an activating group) is 1. The first kappa shape index (κ1) is 38.4. The van der Waals surface area contributed by atoms with Gasteiger partial charge in [-0.05, 0) is 62.9 Å². The van der Waals surface area contributed by atoms with Crippen LogP contribution < -0.4 is 5.32 Å². The van der Waals surface area contributed by atoms with Crippen LogP contribution >= 0.6 is 0 Å². The fraction of sp³-hybridized carbons (Fsp3) is 0.500. The van der Waals surface area contributed by atoms with Gasteiger partial charge in [-0.1, -0.05) is 20.8 Å². The highest BCUT2D eigenvalue weighted by atomic mass is 16.5. The first-order valence-electron chi connectivity index (χ1n) is 18.1. The zero-order chi connectivity index (χ0) is 38.2. The number of methoxy groups -OCH3 is 1. The topological polar surface area (TPSA) is 167 Å². The maximum atomic E-state index is 14.2. The summed E-state index contributed by atoms with van der Waals surface area (Å²) in [6, 6.07) is 5.87. The number of carbonyl (C=O) groups is 4. The number of nitrogens with zero attached hydrogens (tertiary/aromatic N) is 3. The smallest absolute Gasteiger partial charge is 0.310 e. The highest BCUT2D eigenvalue weighted by molar-refractivity contribution is 6.06. The van der Waals surface area contributed by atoms with Crippen molar-refractivity contribution in [2.24, 2.45) is 0 Å². The third kappa shape index (κ3) is 7.67. The molecule has 0 unspecified atom stereocenters. The molecular weight excluding hydrogens is 660 g/mol. The van der Waals surface area contributed by atoms with Gasteiger partial charge in [-0.3, -0.25) is 29.1 Å². The van der Waals surface area contributed by atoms with Crippen LogP contribution in [0.2, 0.25) is 0 Å². The van der Waals surface area contributed by atoms with Crippen molar-refractivity contribution in [1.29, 1.82) is 0 Å². The second-order valence-corrected chi connectivity index (χ2v) is 15.4. The molecule has 0 radical (unpaired) electrons. The summed E-state index contributed by atoms with van der Waals surface area (Å²) in [6.07, 6.45) is 0.769. The average Bonchev–Trinajstić information content (AvgIpc) is 3.74. The number of esters is 1. The number of rotatable bonds is 11. The van der Waals surface area contributed by atoms with Crippen LogP contribution in [0.5, 0.6) is 0 Å². The summed E-state index contributed by atoms with van der Waals surface area (Å²) in [7, 11) is 7.48. The van der Waals surface area contributed by atoms with Crippen LogP contribution in [-0.2, 0) is 20.7 Å². The number of aliphatic carboxylic acids is 1. The predicted molar refractivity (Wildman–Crippen MR) is 201 cm³/mol. The quantitative estimate of drug-likeness (QED) is 0.102. The Morgan fingerprint density at radius 2 is 1.48 bits per heavy atom. The zero-order valence-corrected chi connectivity index (χ0v) is 32.1. The number of carbonyl (C=O) groups excluding carboxylic acids is 3. The molecule has 0 fully saturated rings. The normalized spacial score (nSPS) is 18.7. The minimum absolute atomic E-state index is 0.0585.